The third-order valence-corrected chi connectivity index (χ3v) is 11.2. The van der Waals surface area contributed by atoms with E-state index in [-0.39, 0.29) is 31.1 Å². The number of allylic oxidation sites excluding steroid dienone is 4. The lowest BCUT2D eigenvalue weighted by molar-refractivity contribution is -0.167. The number of carbonyl (C=O) groups is 3. The molecular weight excluding hydrogens is 721 g/mol. The normalized spacial score (nSPS) is 12.1. The highest BCUT2D eigenvalue weighted by atomic mass is 16.6. The van der Waals surface area contributed by atoms with E-state index in [0.717, 1.165) is 77.0 Å². The Balaban J connectivity index is 4.32. The van der Waals surface area contributed by atoms with E-state index in [1.165, 1.54) is 154 Å². The van der Waals surface area contributed by atoms with Gasteiger partial charge in [0.2, 0.25) is 0 Å². The summed E-state index contributed by atoms with van der Waals surface area (Å²) in [5.74, 6) is -0.878. The zero-order chi connectivity index (χ0) is 42.3. The van der Waals surface area contributed by atoms with Gasteiger partial charge in [0.25, 0.3) is 0 Å². The van der Waals surface area contributed by atoms with Crippen LogP contribution in [0.3, 0.4) is 0 Å². The van der Waals surface area contributed by atoms with Crippen molar-refractivity contribution < 1.29 is 28.6 Å². The molecular formula is C52H96O6. The van der Waals surface area contributed by atoms with Crippen molar-refractivity contribution in [1.82, 2.24) is 0 Å². The molecule has 1 atom stereocenters. The minimum atomic E-state index is -0.770. The lowest BCUT2D eigenvalue weighted by atomic mass is 10.1. The number of esters is 3. The number of hydrogen-bond acceptors (Lipinski definition) is 6. The van der Waals surface area contributed by atoms with Crippen LogP contribution in [-0.2, 0) is 28.6 Å². The van der Waals surface area contributed by atoms with Crippen LogP contribution in [0.25, 0.3) is 0 Å². The molecule has 58 heavy (non-hydrogen) atoms. The lowest BCUT2D eigenvalue weighted by Crippen LogP contribution is -2.30. The van der Waals surface area contributed by atoms with Crippen molar-refractivity contribution in [3.63, 3.8) is 0 Å². The molecule has 0 aliphatic rings. The van der Waals surface area contributed by atoms with Gasteiger partial charge in [-0.25, -0.2) is 0 Å². The molecule has 0 amide bonds. The molecule has 0 aromatic rings. The predicted octanol–water partition coefficient (Wildman–Crippen LogP) is 16.4. The van der Waals surface area contributed by atoms with E-state index >= 15 is 0 Å². The first-order valence-electron chi connectivity index (χ1n) is 25.4. The van der Waals surface area contributed by atoms with Crippen molar-refractivity contribution >= 4 is 17.9 Å². The van der Waals surface area contributed by atoms with Crippen LogP contribution in [0.4, 0.5) is 0 Å². The first-order valence-corrected chi connectivity index (χ1v) is 25.4. The summed E-state index contributed by atoms with van der Waals surface area (Å²) in [6, 6.07) is 0. The summed E-state index contributed by atoms with van der Waals surface area (Å²) >= 11 is 0. The Morgan fingerprint density at radius 3 is 0.914 bits per heavy atom. The van der Waals surface area contributed by atoms with Crippen molar-refractivity contribution in [3.8, 4) is 0 Å². The Bertz CT molecular complexity index is 942. The number of unbranched alkanes of at least 4 members (excludes halogenated alkanes) is 32. The van der Waals surface area contributed by atoms with Gasteiger partial charge in [0.1, 0.15) is 13.2 Å². The van der Waals surface area contributed by atoms with Crippen molar-refractivity contribution in [1.29, 1.82) is 0 Å². The second-order valence-corrected chi connectivity index (χ2v) is 17.1. The fraction of sp³-hybridized carbons (Fsp3) is 0.865. The maximum absolute atomic E-state index is 12.7. The molecule has 0 saturated heterocycles. The monoisotopic (exact) mass is 817 g/mol. The molecule has 1 unspecified atom stereocenters. The third kappa shape index (κ3) is 45.0. The molecule has 0 aromatic heterocycles. The highest BCUT2D eigenvalue weighted by Gasteiger charge is 2.19. The molecule has 0 aliphatic heterocycles. The Morgan fingerprint density at radius 1 is 0.345 bits per heavy atom. The summed E-state index contributed by atoms with van der Waals surface area (Å²) < 4.78 is 16.7. The summed E-state index contributed by atoms with van der Waals surface area (Å²) in [6.07, 6.45) is 53.0. The van der Waals surface area contributed by atoms with Gasteiger partial charge in [0.05, 0.1) is 0 Å². The highest BCUT2D eigenvalue weighted by molar-refractivity contribution is 5.71. The molecule has 0 bridgehead atoms. The maximum atomic E-state index is 12.7. The lowest BCUT2D eigenvalue weighted by Gasteiger charge is -2.18. The molecule has 0 aromatic carbocycles. The molecule has 0 fully saturated rings. The van der Waals surface area contributed by atoms with Gasteiger partial charge in [0, 0.05) is 19.3 Å². The molecule has 0 spiro atoms. The summed E-state index contributed by atoms with van der Waals surface area (Å²) in [7, 11) is 0. The summed E-state index contributed by atoms with van der Waals surface area (Å²) in [6.45, 7) is 6.62. The van der Waals surface area contributed by atoms with E-state index in [9.17, 15) is 14.4 Å². The minimum absolute atomic E-state index is 0.0719. The third-order valence-electron chi connectivity index (χ3n) is 11.2. The topological polar surface area (TPSA) is 78.9 Å². The standard InChI is InChI=1S/C52H96O6/c1-4-7-10-13-16-19-22-23-24-25-26-27-28-31-33-36-39-42-45-51(54)57-48-49(58-52(55)46-43-40-37-34-30-21-18-15-12-9-6-3)47-56-50(53)44-41-38-35-32-29-20-17-14-11-8-5-2/h24-27,49H,4-23,28-48H2,1-3H3/b25-24-,27-26-. The maximum Gasteiger partial charge on any atom is 0.306 e. The Hall–Kier alpha value is -2.11. The molecule has 0 radical (unpaired) electrons. The van der Waals surface area contributed by atoms with Gasteiger partial charge in [0.15, 0.2) is 6.10 Å². The van der Waals surface area contributed by atoms with Gasteiger partial charge in [-0.2, -0.15) is 0 Å². The number of carbonyl (C=O) groups excluding carboxylic acids is 3. The van der Waals surface area contributed by atoms with Gasteiger partial charge in [-0.1, -0.05) is 231 Å². The van der Waals surface area contributed by atoms with Gasteiger partial charge in [-0.15, -0.1) is 0 Å². The SMILES string of the molecule is CCCCCCCCC/C=C\C=C/CCCCCCCC(=O)OCC(COC(=O)CCCCCCCCCCCCC)OC(=O)CCCCCCCCCCCCC. The van der Waals surface area contributed by atoms with Crippen molar-refractivity contribution in [2.45, 2.75) is 277 Å². The van der Waals surface area contributed by atoms with E-state index in [0.29, 0.717) is 19.3 Å². The van der Waals surface area contributed by atoms with Crippen LogP contribution in [-0.4, -0.2) is 37.2 Å². The van der Waals surface area contributed by atoms with Crippen LogP contribution >= 0.6 is 0 Å². The fourth-order valence-electron chi connectivity index (χ4n) is 7.37. The van der Waals surface area contributed by atoms with Gasteiger partial charge in [-0.3, -0.25) is 14.4 Å². The largest absolute Gasteiger partial charge is 0.462 e. The van der Waals surface area contributed by atoms with E-state index in [1.54, 1.807) is 0 Å². The summed E-state index contributed by atoms with van der Waals surface area (Å²) in [5.41, 5.74) is 0. The molecule has 0 aliphatic carbocycles. The van der Waals surface area contributed by atoms with Crippen LogP contribution in [0.1, 0.15) is 271 Å². The van der Waals surface area contributed by atoms with E-state index in [2.05, 4.69) is 45.1 Å². The van der Waals surface area contributed by atoms with Crippen LogP contribution in [0, 0.1) is 0 Å². The number of hydrogen-bond donors (Lipinski definition) is 0. The minimum Gasteiger partial charge on any atom is -0.462 e. The summed E-state index contributed by atoms with van der Waals surface area (Å²) in [5, 5.41) is 0. The molecule has 6 nitrogen and oxygen atoms in total. The second kappa shape index (κ2) is 47.6. The Kier molecular flexibility index (Phi) is 45.8. The average Bonchev–Trinajstić information content (AvgIpc) is 3.22. The first-order chi connectivity index (χ1) is 28.5. The van der Waals surface area contributed by atoms with E-state index in [4.69, 9.17) is 14.2 Å². The molecule has 6 heteroatoms. The Labute approximate surface area is 360 Å². The van der Waals surface area contributed by atoms with Crippen LogP contribution in [0.2, 0.25) is 0 Å². The molecule has 0 rings (SSSR count). The van der Waals surface area contributed by atoms with Gasteiger partial charge >= 0.3 is 17.9 Å². The molecule has 340 valence electrons. The predicted molar refractivity (Wildman–Crippen MR) is 247 cm³/mol. The van der Waals surface area contributed by atoms with Crippen molar-refractivity contribution in [2.24, 2.45) is 0 Å². The van der Waals surface area contributed by atoms with E-state index < -0.39 is 6.10 Å². The molecule has 0 saturated carbocycles. The molecule has 0 N–H and O–H groups in total. The van der Waals surface area contributed by atoms with Crippen LogP contribution in [0.5, 0.6) is 0 Å². The second-order valence-electron chi connectivity index (χ2n) is 17.1. The van der Waals surface area contributed by atoms with Gasteiger partial charge in [-0.05, 0) is 44.9 Å². The molecule has 0 heterocycles. The van der Waals surface area contributed by atoms with Crippen molar-refractivity contribution in [2.75, 3.05) is 13.2 Å². The number of rotatable bonds is 46. The van der Waals surface area contributed by atoms with Crippen LogP contribution < -0.4 is 0 Å². The van der Waals surface area contributed by atoms with E-state index in [1.807, 2.05) is 0 Å². The smallest absolute Gasteiger partial charge is 0.306 e. The van der Waals surface area contributed by atoms with Crippen LogP contribution in [0.15, 0.2) is 24.3 Å². The fourth-order valence-corrected chi connectivity index (χ4v) is 7.37. The highest BCUT2D eigenvalue weighted by Crippen LogP contribution is 2.15. The zero-order valence-electron chi connectivity index (χ0n) is 38.8. The van der Waals surface area contributed by atoms with Gasteiger partial charge < -0.3 is 14.2 Å². The average molecular weight is 817 g/mol. The number of ether oxygens (including phenoxy) is 3. The Morgan fingerprint density at radius 2 is 0.603 bits per heavy atom. The first kappa shape index (κ1) is 55.9. The van der Waals surface area contributed by atoms with Crippen molar-refractivity contribution in [3.05, 3.63) is 24.3 Å². The summed E-state index contributed by atoms with van der Waals surface area (Å²) in [4.78, 5) is 37.8. The zero-order valence-corrected chi connectivity index (χ0v) is 38.8. The quantitative estimate of drug-likeness (QED) is 0.0263.